The van der Waals surface area contributed by atoms with E-state index in [1.807, 2.05) is 21.9 Å². The van der Waals surface area contributed by atoms with Gasteiger partial charge in [0.25, 0.3) is 5.91 Å². The largest absolute Gasteiger partial charge is 0.342 e. The number of nitrogens with zero attached hydrogens (tertiary/aromatic N) is 3. The molecule has 3 aromatic rings. The predicted molar refractivity (Wildman–Crippen MR) is 137 cm³/mol. The zero-order valence-corrected chi connectivity index (χ0v) is 21.0. The van der Waals surface area contributed by atoms with Crippen LogP contribution in [0.15, 0.2) is 48.7 Å². The fourth-order valence-electron chi connectivity index (χ4n) is 5.09. The zero-order chi connectivity index (χ0) is 24.3. The number of fused-ring (bicyclic) bond motifs is 1. The van der Waals surface area contributed by atoms with E-state index in [1.165, 1.54) is 10.9 Å². The molecule has 1 aliphatic heterocycles. The Kier molecular flexibility index (Phi) is 5.34. The van der Waals surface area contributed by atoms with Crippen molar-refractivity contribution in [2.24, 2.45) is 5.41 Å². The molecular formula is C29H35N3O2. The lowest BCUT2D eigenvalue weighted by Gasteiger charge is -2.36. The number of aromatic nitrogens is 1. The first-order valence-corrected chi connectivity index (χ1v) is 12.4. The summed E-state index contributed by atoms with van der Waals surface area (Å²) in [7, 11) is 0. The number of aryl methyl sites for hydroxylation is 1. The van der Waals surface area contributed by atoms with Gasteiger partial charge < -0.3 is 14.4 Å². The Hall–Kier alpha value is -3.08. The van der Waals surface area contributed by atoms with Crippen LogP contribution in [-0.2, 0) is 10.3 Å². The highest BCUT2D eigenvalue weighted by Gasteiger charge is 2.47. The molecule has 2 aliphatic rings. The second kappa shape index (κ2) is 8.00. The lowest BCUT2D eigenvalue weighted by Crippen LogP contribution is -2.52. The molecule has 2 fully saturated rings. The molecule has 5 heteroatoms. The summed E-state index contributed by atoms with van der Waals surface area (Å²) in [5.74, 6) is 0.312. The van der Waals surface area contributed by atoms with E-state index in [0.29, 0.717) is 26.2 Å². The van der Waals surface area contributed by atoms with Crippen molar-refractivity contribution in [3.63, 3.8) is 0 Å². The summed E-state index contributed by atoms with van der Waals surface area (Å²) in [5.41, 5.74) is 5.25. The molecule has 1 aromatic heterocycles. The number of rotatable bonds is 3. The Morgan fingerprint density at radius 3 is 2.18 bits per heavy atom. The third kappa shape index (κ3) is 4.02. The van der Waals surface area contributed by atoms with E-state index in [9.17, 15) is 9.59 Å². The molecule has 0 spiro atoms. The highest BCUT2D eigenvalue weighted by Crippen LogP contribution is 2.46. The van der Waals surface area contributed by atoms with Crippen LogP contribution in [0.1, 0.15) is 56.5 Å². The van der Waals surface area contributed by atoms with Crippen molar-refractivity contribution in [1.82, 2.24) is 14.4 Å². The van der Waals surface area contributed by atoms with Gasteiger partial charge in [0.15, 0.2) is 0 Å². The first-order chi connectivity index (χ1) is 16.1. The zero-order valence-electron chi connectivity index (χ0n) is 21.0. The molecule has 34 heavy (non-hydrogen) atoms. The third-order valence-corrected chi connectivity index (χ3v) is 7.57. The molecule has 2 amide bonds. The molecule has 0 radical (unpaired) electrons. The maximum absolute atomic E-state index is 13.2. The number of carbonyl (C=O) groups is 2. The van der Waals surface area contributed by atoms with Crippen LogP contribution in [0.3, 0.4) is 0 Å². The van der Waals surface area contributed by atoms with E-state index in [2.05, 4.69) is 75.7 Å². The smallest absolute Gasteiger partial charge is 0.253 e. The standard InChI is InChI=1S/C29H35N3O2/c1-20-18-23(26(33)30-14-16-31(17-15-30)27(34)29(5)11-12-29)6-8-24(20)21-7-9-25-22(19-21)10-13-32(25)28(2,3)4/h6-10,13,18-19H,11-12,14-17H2,1-5H3. The van der Waals surface area contributed by atoms with Crippen molar-refractivity contribution >= 4 is 22.7 Å². The number of benzene rings is 2. The van der Waals surface area contributed by atoms with Gasteiger partial charge in [-0.1, -0.05) is 19.1 Å². The minimum Gasteiger partial charge on any atom is -0.342 e. The van der Waals surface area contributed by atoms with E-state index in [-0.39, 0.29) is 22.8 Å². The Bertz CT molecular complexity index is 1270. The van der Waals surface area contributed by atoms with Crippen LogP contribution < -0.4 is 0 Å². The molecule has 5 nitrogen and oxygen atoms in total. The summed E-state index contributed by atoms with van der Waals surface area (Å²) in [6, 6.07) is 14.8. The minimum atomic E-state index is -0.141. The highest BCUT2D eigenvalue weighted by molar-refractivity contribution is 5.96. The molecule has 1 saturated carbocycles. The average Bonchev–Trinajstić information content (AvgIpc) is 3.41. The van der Waals surface area contributed by atoms with Gasteiger partial charge in [0, 0.05) is 59.8 Å². The third-order valence-electron chi connectivity index (χ3n) is 7.57. The van der Waals surface area contributed by atoms with Crippen LogP contribution in [0.25, 0.3) is 22.0 Å². The summed E-state index contributed by atoms with van der Waals surface area (Å²) in [6.07, 6.45) is 4.14. The van der Waals surface area contributed by atoms with Crippen molar-refractivity contribution < 1.29 is 9.59 Å². The van der Waals surface area contributed by atoms with Crippen molar-refractivity contribution in [2.45, 2.75) is 53.0 Å². The average molecular weight is 458 g/mol. The molecular weight excluding hydrogens is 422 g/mol. The summed E-state index contributed by atoms with van der Waals surface area (Å²) in [6.45, 7) is 13.2. The van der Waals surface area contributed by atoms with E-state index in [0.717, 1.165) is 35.1 Å². The van der Waals surface area contributed by atoms with E-state index in [1.54, 1.807) is 0 Å². The van der Waals surface area contributed by atoms with Crippen LogP contribution in [0.2, 0.25) is 0 Å². The summed E-state index contributed by atoms with van der Waals surface area (Å²) >= 11 is 0. The first kappa shape index (κ1) is 22.7. The topological polar surface area (TPSA) is 45.6 Å². The Morgan fingerprint density at radius 2 is 1.56 bits per heavy atom. The number of hydrogen-bond acceptors (Lipinski definition) is 2. The maximum Gasteiger partial charge on any atom is 0.253 e. The first-order valence-electron chi connectivity index (χ1n) is 12.4. The van der Waals surface area contributed by atoms with Gasteiger partial charge in [-0.3, -0.25) is 9.59 Å². The monoisotopic (exact) mass is 457 g/mol. The Balaban J connectivity index is 1.31. The second-order valence-electron chi connectivity index (χ2n) is 11.3. The van der Waals surface area contributed by atoms with Gasteiger partial charge >= 0.3 is 0 Å². The number of hydrogen-bond donors (Lipinski definition) is 0. The van der Waals surface area contributed by atoms with Crippen LogP contribution in [-0.4, -0.2) is 52.4 Å². The molecule has 1 aliphatic carbocycles. The van der Waals surface area contributed by atoms with Gasteiger partial charge in [-0.2, -0.15) is 0 Å². The fraction of sp³-hybridized carbons (Fsp3) is 0.448. The normalized spacial score (nSPS) is 17.8. The molecule has 2 heterocycles. The van der Waals surface area contributed by atoms with Crippen LogP contribution in [0, 0.1) is 12.3 Å². The lowest BCUT2D eigenvalue weighted by atomic mass is 9.97. The molecule has 1 saturated heterocycles. The molecule has 0 atom stereocenters. The number of carbonyl (C=O) groups excluding carboxylic acids is 2. The molecule has 5 rings (SSSR count). The quantitative estimate of drug-likeness (QED) is 0.525. The van der Waals surface area contributed by atoms with E-state index in [4.69, 9.17) is 0 Å². The summed E-state index contributed by atoms with van der Waals surface area (Å²) in [5, 5.41) is 1.22. The van der Waals surface area contributed by atoms with Gasteiger partial charge in [-0.05, 0) is 87.6 Å². The maximum atomic E-state index is 13.2. The van der Waals surface area contributed by atoms with Crippen molar-refractivity contribution in [2.75, 3.05) is 26.2 Å². The van der Waals surface area contributed by atoms with Gasteiger partial charge in [-0.15, -0.1) is 0 Å². The van der Waals surface area contributed by atoms with Gasteiger partial charge in [0.05, 0.1) is 0 Å². The van der Waals surface area contributed by atoms with E-state index >= 15 is 0 Å². The van der Waals surface area contributed by atoms with Crippen molar-refractivity contribution in [3.8, 4) is 11.1 Å². The summed E-state index contributed by atoms with van der Waals surface area (Å²) in [4.78, 5) is 29.6. The molecule has 0 unspecified atom stereocenters. The second-order valence-corrected chi connectivity index (χ2v) is 11.3. The minimum absolute atomic E-state index is 0.0375. The van der Waals surface area contributed by atoms with Crippen LogP contribution >= 0.6 is 0 Å². The van der Waals surface area contributed by atoms with Crippen molar-refractivity contribution in [3.05, 3.63) is 59.8 Å². The molecule has 2 aromatic carbocycles. The predicted octanol–water partition coefficient (Wildman–Crippen LogP) is 5.46. The number of amides is 2. The molecule has 0 bridgehead atoms. The van der Waals surface area contributed by atoms with Gasteiger partial charge in [0.2, 0.25) is 5.91 Å². The molecule has 178 valence electrons. The fourth-order valence-corrected chi connectivity index (χ4v) is 5.09. The number of piperazine rings is 1. The van der Waals surface area contributed by atoms with E-state index < -0.39 is 0 Å². The Morgan fingerprint density at radius 1 is 0.882 bits per heavy atom. The SMILES string of the molecule is Cc1cc(C(=O)N2CCN(C(=O)C3(C)CC3)CC2)ccc1-c1ccc2c(ccn2C(C)(C)C)c1. The molecule has 0 N–H and O–H groups in total. The van der Waals surface area contributed by atoms with Gasteiger partial charge in [0.1, 0.15) is 0 Å². The summed E-state index contributed by atoms with van der Waals surface area (Å²) < 4.78 is 2.30. The Labute approximate surface area is 202 Å². The van der Waals surface area contributed by atoms with Gasteiger partial charge in [-0.25, -0.2) is 0 Å². The van der Waals surface area contributed by atoms with Crippen LogP contribution in [0.5, 0.6) is 0 Å². The highest BCUT2D eigenvalue weighted by atomic mass is 16.2. The van der Waals surface area contributed by atoms with Crippen molar-refractivity contribution in [1.29, 1.82) is 0 Å². The van der Waals surface area contributed by atoms with Crippen LogP contribution in [0.4, 0.5) is 0 Å². The lowest BCUT2D eigenvalue weighted by molar-refractivity contribution is -0.137.